The molecule has 1 saturated heterocycles. The van der Waals surface area contributed by atoms with Crippen LogP contribution in [-0.2, 0) is 4.74 Å². The van der Waals surface area contributed by atoms with Gasteiger partial charge in [0.05, 0.1) is 12.2 Å². The van der Waals surface area contributed by atoms with E-state index in [1.54, 1.807) is 0 Å². The number of aliphatic hydroxyl groups is 1. The second-order valence-corrected chi connectivity index (χ2v) is 3.86. The van der Waals surface area contributed by atoms with Crippen LogP contribution in [0.25, 0.3) is 6.08 Å². The van der Waals surface area contributed by atoms with Crippen LogP contribution in [0, 0.1) is 0 Å². The van der Waals surface area contributed by atoms with E-state index in [0.29, 0.717) is 13.0 Å². The third-order valence-corrected chi connectivity index (χ3v) is 2.59. The molecule has 2 rings (SSSR count). The first-order valence-electron chi connectivity index (χ1n) is 5.37. The summed E-state index contributed by atoms with van der Waals surface area (Å²) >= 11 is 0. The zero-order chi connectivity index (χ0) is 10.5. The van der Waals surface area contributed by atoms with Gasteiger partial charge in [-0.15, -0.1) is 0 Å². The minimum Gasteiger partial charge on any atom is -0.393 e. The first kappa shape index (κ1) is 10.4. The molecule has 1 aliphatic rings. The fourth-order valence-corrected chi connectivity index (χ4v) is 1.73. The first-order chi connectivity index (χ1) is 7.34. The van der Waals surface area contributed by atoms with Crippen molar-refractivity contribution < 1.29 is 9.84 Å². The Morgan fingerprint density at radius 1 is 1.27 bits per heavy atom. The van der Waals surface area contributed by atoms with Gasteiger partial charge in [-0.25, -0.2) is 0 Å². The van der Waals surface area contributed by atoms with Gasteiger partial charge in [0.25, 0.3) is 0 Å². The molecule has 0 unspecified atom stereocenters. The van der Waals surface area contributed by atoms with Crippen LogP contribution in [0.4, 0.5) is 0 Å². The zero-order valence-electron chi connectivity index (χ0n) is 8.67. The molecular formula is C13H16O2. The van der Waals surface area contributed by atoms with Crippen molar-refractivity contribution in [2.45, 2.75) is 25.0 Å². The molecule has 1 aromatic carbocycles. The van der Waals surface area contributed by atoms with E-state index in [0.717, 1.165) is 6.42 Å². The van der Waals surface area contributed by atoms with Gasteiger partial charge in [0, 0.05) is 13.0 Å². The average Bonchev–Trinajstić information content (AvgIpc) is 2.28. The lowest BCUT2D eigenvalue weighted by Gasteiger charge is -2.23. The van der Waals surface area contributed by atoms with E-state index in [-0.39, 0.29) is 12.2 Å². The molecule has 0 aliphatic carbocycles. The summed E-state index contributed by atoms with van der Waals surface area (Å²) in [6.45, 7) is 0.658. The van der Waals surface area contributed by atoms with Crippen LogP contribution < -0.4 is 0 Å². The average molecular weight is 204 g/mol. The summed E-state index contributed by atoms with van der Waals surface area (Å²) in [6, 6.07) is 10.1. The quantitative estimate of drug-likeness (QED) is 0.800. The van der Waals surface area contributed by atoms with Gasteiger partial charge in [-0.05, 0) is 12.0 Å². The molecule has 0 aromatic heterocycles. The summed E-state index contributed by atoms with van der Waals surface area (Å²) < 4.78 is 5.52. The van der Waals surface area contributed by atoms with Crippen LogP contribution in [0.3, 0.4) is 0 Å². The van der Waals surface area contributed by atoms with E-state index < -0.39 is 0 Å². The fraction of sp³-hybridized carbons (Fsp3) is 0.385. The molecule has 0 radical (unpaired) electrons. The van der Waals surface area contributed by atoms with E-state index in [1.807, 2.05) is 30.4 Å². The standard InChI is InChI=1S/C13H16O2/c14-12-8-9-15-13(10-12)7-6-11-4-2-1-3-5-11/h1-7,12-14H,8-10H2/b7-6+/t12-,13-/m0/s1. The highest BCUT2D eigenvalue weighted by atomic mass is 16.5. The number of benzene rings is 1. The van der Waals surface area contributed by atoms with Crippen LogP contribution in [0.15, 0.2) is 36.4 Å². The lowest BCUT2D eigenvalue weighted by molar-refractivity contribution is -0.0207. The van der Waals surface area contributed by atoms with Crippen LogP contribution in [0.1, 0.15) is 18.4 Å². The highest BCUT2D eigenvalue weighted by Gasteiger charge is 2.17. The van der Waals surface area contributed by atoms with Crippen molar-refractivity contribution in [2.75, 3.05) is 6.61 Å². The van der Waals surface area contributed by atoms with Crippen LogP contribution in [-0.4, -0.2) is 23.9 Å². The molecule has 15 heavy (non-hydrogen) atoms. The van der Waals surface area contributed by atoms with Crippen molar-refractivity contribution in [3.63, 3.8) is 0 Å². The number of hydrogen-bond donors (Lipinski definition) is 1. The zero-order valence-corrected chi connectivity index (χ0v) is 8.67. The smallest absolute Gasteiger partial charge is 0.0783 e. The maximum absolute atomic E-state index is 9.46. The monoisotopic (exact) mass is 204 g/mol. The molecule has 1 heterocycles. The van der Waals surface area contributed by atoms with Gasteiger partial charge >= 0.3 is 0 Å². The molecule has 80 valence electrons. The van der Waals surface area contributed by atoms with Gasteiger partial charge < -0.3 is 9.84 Å². The Balaban J connectivity index is 1.93. The Kier molecular flexibility index (Phi) is 3.54. The largest absolute Gasteiger partial charge is 0.393 e. The van der Waals surface area contributed by atoms with E-state index in [2.05, 4.69) is 12.1 Å². The van der Waals surface area contributed by atoms with Gasteiger partial charge in [-0.1, -0.05) is 42.5 Å². The third-order valence-electron chi connectivity index (χ3n) is 2.59. The normalized spacial score (nSPS) is 27.0. The highest BCUT2D eigenvalue weighted by molar-refractivity contribution is 5.49. The lowest BCUT2D eigenvalue weighted by Crippen LogP contribution is -2.27. The first-order valence-corrected chi connectivity index (χ1v) is 5.37. The predicted octanol–water partition coefficient (Wildman–Crippen LogP) is 2.24. The number of ether oxygens (including phenoxy) is 1. The van der Waals surface area contributed by atoms with E-state index >= 15 is 0 Å². The van der Waals surface area contributed by atoms with Crippen LogP contribution in [0.5, 0.6) is 0 Å². The lowest BCUT2D eigenvalue weighted by atomic mass is 10.0. The number of hydrogen-bond acceptors (Lipinski definition) is 2. The SMILES string of the molecule is O[C@H]1CCO[C@@H](/C=C/c2ccccc2)C1. The Hall–Kier alpha value is -1.12. The molecule has 1 fully saturated rings. The molecule has 0 bridgehead atoms. The molecule has 0 amide bonds. The predicted molar refractivity (Wildman–Crippen MR) is 60.5 cm³/mol. The Labute approximate surface area is 90.2 Å². The molecular weight excluding hydrogens is 188 g/mol. The van der Waals surface area contributed by atoms with Crippen LogP contribution in [0.2, 0.25) is 0 Å². The Morgan fingerprint density at radius 2 is 2.07 bits per heavy atom. The molecule has 2 heteroatoms. The van der Waals surface area contributed by atoms with Crippen molar-refractivity contribution in [3.8, 4) is 0 Å². The number of aliphatic hydroxyl groups excluding tert-OH is 1. The summed E-state index contributed by atoms with van der Waals surface area (Å²) in [5.41, 5.74) is 1.17. The highest BCUT2D eigenvalue weighted by Crippen LogP contribution is 2.15. The molecule has 2 atom stereocenters. The topological polar surface area (TPSA) is 29.5 Å². The van der Waals surface area contributed by atoms with E-state index in [1.165, 1.54) is 5.56 Å². The summed E-state index contributed by atoms with van der Waals surface area (Å²) in [4.78, 5) is 0. The molecule has 0 spiro atoms. The van der Waals surface area contributed by atoms with Gasteiger partial charge in [0.1, 0.15) is 0 Å². The minimum atomic E-state index is -0.204. The third kappa shape index (κ3) is 3.18. The second kappa shape index (κ2) is 5.10. The van der Waals surface area contributed by atoms with Gasteiger partial charge in [0.15, 0.2) is 0 Å². The Bertz CT molecular complexity index is 319. The maximum Gasteiger partial charge on any atom is 0.0783 e. The molecule has 1 aliphatic heterocycles. The molecule has 1 aromatic rings. The van der Waals surface area contributed by atoms with Crippen molar-refractivity contribution in [1.29, 1.82) is 0 Å². The Morgan fingerprint density at radius 3 is 2.80 bits per heavy atom. The molecule has 0 saturated carbocycles. The van der Waals surface area contributed by atoms with Crippen molar-refractivity contribution in [1.82, 2.24) is 0 Å². The van der Waals surface area contributed by atoms with E-state index in [9.17, 15) is 5.11 Å². The van der Waals surface area contributed by atoms with Gasteiger partial charge in [-0.3, -0.25) is 0 Å². The summed E-state index contributed by atoms with van der Waals surface area (Å²) in [6.07, 6.45) is 5.40. The fourth-order valence-electron chi connectivity index (χ4n) is 1.73. The summed E-state index contributed by atoms with van der Waals surface area (Å²) in [5.74, 6) is 0. The summed E-state index contributed by atoms with van der Waals surface area (Å²) in [5, 5.41) is 9.46. The van der Waals surface area contributed by atoms with Crippen LogP contribution >= 0.6 is 0 Å². The molecule has 1 N–H and O–H groups in total. The summed E-state index contributed by atoms with van der Waals surface area (Å²) in [7, 11) is 0. The van der Waals surface area contributed by atoms with Crippen molar-refractivity contribution in [2.24, 2.45) is 0 Å². The van der Waals surface area contributed by atoms with Gasteiger partial charge in [-0.2, -0.15) is 0 Å². The van der Waals surface area contributed by atoms with Gasteiger partial charge in [0.2, 0.25) is 0 Å². The minimum absolute atomic E-state index is 0.0638. The van der Waals surface area contributed by atoms with Crippen molar-refractivity contribution >= 4 is 6.08 Å². The molecule has 2 nitrogen and oxygen atoms in total. The number of rotatable bonds is 2. The maximum atomic E-state index is 9.46. The van der Waals surface area contributed by atoms with Crippen molar-refractivity contribution in [3.05, 3.63) is 42.0 Å². The second-order valence-electron chi connectivity index (χ2n) is 3.86. The van der Waals surface area contributed by atoms with E-state index in [4.69, 9.17) is 4.74 Å².